The Morgan fingerprint density at radius 1 is 1.12 bits per heavy atom. The SMILES string of the molecule is O=C(O)C1C=CCCN1C1CCC=CCC1. The van der Waals surface area contributed by atoms with Crippen LogP contribution in [0.5, 0.6) is 0 Å². The molecular formula is C13H19NO2. The molecule has 0 aromatic heterocycles. The van der Waals surface area contributed by atoms with Crippen LogP contribution < -0.4 is 0 Å². The molecule has 0 radical (unpaired) electrons. The maximum atomic E-state index is 11.2. The Balaban J connectivity index is 2.06. The molecule has 3 nitrogen and oxygen atoms in total. The van der Waals surface area contributed by atoms with Gasteiger partial charge in [0, 0.05) is 12.6 Å². The third-order valence-electron chi connectivity index (χ3n) is 3.45. The van der Waals surface area contributed by atoms with Gasteiger partial charge in [-0.2, -0.15) is 0 Å². The highest BCUT2D eigenvalue weighted by Gasteiger charge is 2.30. The molecule has 3 heteroatoms. The van der Waals surface area contributed by atoms with E-state index in [1.54, 1.807) is 0 Å². The molecule has 0 aromatic carbocycles. The maximum absolute atomic E-state index is 11.2. The van der Waals surface area contributed by atoms with Gasteiger partial charge in [-0.25, -0.2) is 0 Å². The van der Waals surface area contributed by atoms with Gasteiger partial charge in [-0.1, -0.05) is 24.3 Å². The first kappa shape index (κ1) is 11.4. The van der Waals surface area contributed by atoms with Crippen LogP contribution >= 0.6 is 0 Å². The van der Waals surface area contributed by atoms with Crippen molar-refractivity contribution in [2.75, 3.05) is 6.54 Å². The first-order valence-corrected chi connectivity index (χ1v) is 6.09. The lowest BCUT2D eigenvalue weighted by Gasteiger charge is -2.36. The second-order valence-electron chi connectivity index (χ2n) is 4.52. The van der Waals surface area contributed by atoms with Crippen LogP contribution in [0.1, 0.15) is 32.1 Å². The highest BCUT2D eigenvalue weighted by atomic mass is 16.4. The average Bonchev–Trinajstić information content (AvgIpc) is 2.57. The van der Waals surface area contributed by atoms with E-state index in [9.17, 15) is 9.90 Å². The molecule has 0 aromatic rings. The van der Waals surface area contributed by atoms with E-state index in [0.29, 0.717) is 6.04 Å². The van der Waals surface area contributed by atoms with Crippen LogP contribution in [0.15, 0.2) is 24.3 Å². The van der Waals surface area contributed by atoms with Crippen molar-refractivity contribution < 1.29 is 9.90 Å². The van der Waals surface area contributed by atoms with Crippen LogP contribution in [0.3, 0.4) is 0 Å². The maximum Gasteiger partial charge on any atom is 0.324 e. The molecule has 1 unspecified atom stereocenters. The average molecular weight is 221 g/mol. The molecule has 2 aliphatic rings. The lowest BCUT2D eigenvalue weighted by atomic mass is 10.0. The van der Waals surface area contributed by atoms with E-state index < -0.39 is 12.0 Å². The summed E-state index contributed by atoms with van der Waals surface area (Å²) in [6.07, 6.45) is 13.6. The monoisotopic (exact) mass is 221 g/mol. The minimum absolute atomic E-state index is 0.406. The van der Waals surface area contributed by atoms with Gasteiger partial charge in [-0.15, -0.1) is 0 Å². The van der Waals surface area contributed by atoms with Crippen LogP contribution in [0.4, 0.5) is 0 Å². The van der Waals surface area contributed by atoms with Gasteiger partial charge in [0.05, 0.1) is 0 Å². The fourth-order valence-electron chi connectivity index (χ4n) is 2.62. The molecule has 88 valence electrons. The Bertz CT molecular complexity index is 299. The molecular weight excluding hydrogens is 202 g/mol. The summed E-state index contributed by atoms with van der Waals surface area (Å²) in [4.78, 5) is 13.3. The molecule has 0 fully saturated rings. The Labute approximate surface area is 96.4 Å². The van der Waals surface area contributed by atoms with Crippen LogP contribution in [0.25, 0.3) is 0 Å². The van der Waals surface area contributed by atoms with Crippen molar-refractivity contribution in [1.82, 2.24) is 4.90 Å². The molecule has 0 amide bonds. The number of aliphatic carboxylic acids is 1. The van der Waals surface area contributed by atoms with Crippen LogP contribution in [0, 0.1) is 0 Å². The summed E-state index contributed by atoms with van der Waals surface area (Å²) in [5.41, 5.74) is 0. The van der Waals surface area contributed by atoms with Crippen LogP contribution in [-0.4, -0.2) is 34.6 Å². The van der Waals surface area contributed by atoms with E-state index >= 15 is 0 Å². The number of carboxylic acid groups (broad SMARTS) is 1. The molecule has 1 aliphatic heterocycles. The first-order valence-electron chi connectivity index (χ1n) is 6.09. The predicted octanol–water partition coefficient (Wildman–Crippen LogP) is 2.20. The molecule has 1 N–H and O–H groups in total. The lowest BCUT2D eigenvalue weighted by molar-refractivity contribution is -0.142. The van der Waals surface area contributed by atoms with Crippen LogP contribution in [0.2, 0.25) is 0 Å². The number of allylic oxidation sites excluding steroid dienone is 2. The van der Waals surface area contributed by atoms with Gasteiger partial charge in [0.25, 0.3) is 0 Å². The van der Waals surface area contributed by atoms with Crippen molar-refractivity contribution in [3.63, 3.8) is 0 Å². The van der Waals surface area contributed by atoms with E-state index in [4.69, 9.17) is 0 Å². The molecule has 0 saturated carbocycles. The second-order valence-corrected chi connectivity index (χ2v) is 4.52. The van der Waals surface area contributed by atoms with Gasteiger partial charge >= 0.3 is 5.97 Å². The van der Waals surface area contributed by atoms with Gasteiger partial charge < -0.3 is 5.11 Å². The Hall–Kier alpha value is -1.09. The van der Waals surface area contributed by atoms with Crippen molar-refractivity contribution in [1.29, 1.82) is 0 Å². The summed E-state index contributed by atoms with van der Waals surface area (Å²) in [6, 6.07) is 0.0258. The lowest BCUT2D eigenvalue weighted by Crippen LogP contribution is -2.48. The van der Waals surface area contributed by atoms with Gasteiger partial charge in [0.15, 0.2) is 0 Å². The van der Waals surface area contributed by atoms with Gasteiger partial charge in [0.2, 0.25) is 0 Å². The Kier molecular flexibility index (Phi) is 3.78. The van der Waals surface area contributed by atoms with E-state index in [-0.39, 0.29) is 0 Å². The summed E-state index contributed by atoms with van der Waals surface area (Å²) in [7, 11) is 0. The molecule has 0 bridgehead atoms. The summed E-state index contributed by atoms with van der Waals surface area (Å²) in [5, 5.41) is 9.20. The van der Waals surface area contributed by atoms with E-state index in [1.165, 1.54) is 0 Å². The largest absolute Gasteiger partial charge is 0.480 e. The first-order chi connectivity index (χ1) is 7.79. The summed E-state index contributed by atoms with van der Waals surface area (Å²) >= 11 is 0. The molecule has 1 atom stereocenters. The highest BCUT2D eigenvalue weighted by Crippen LogP contribution is 2.23. The third kappa shape index (κ3) is 2.53. The van der Waals surface area contributed by atoms with Gasteiger partial charge in [-0.05, 0) is 32.1 Å². The molecule has 0 saturated heterocycles. The zero-order valence-electron chi connectivity index (χ0n) is 9.51. The van der Waals surface area contributed by atoms with Crippen molar-refractivity contribution in [2.24, 2.45) is 0 Å². The summed E-state index contributed by atoms with van der Waals surface area (Å²) in [5.74, 6) is -0.715. The van der Waals surface area contributed by atoms with E-state index in [1.807, 2.05) is 12.2 Å². The quantitative estimate of drug-likeness (QED) is 0.727. The van der Waals surface area contributed by atoms with Gasteiger partial charge in [0.1, 0.15) is 6.04 Å². The fraction of sp³-hybridized carbons (Fsp3) is 0.615. The number of hydrogen-bond donors (Lipinski definition) is 1. The molecule has 0 spiro atoms. The summed E-state index contributed by atoms with van der Waals surface area (Å²) in [6.45, 7) is 0.887. The third-order valence-corrected chi connectivity index (χ3v) is 3.45. The van der Waals surface area contributed by atoms with Crippen molar-refractivity contribution >= 4 is 5.97 Å². The molecule has 1 heterocycles. The van der Waals surface area contributed by atoms with E-state index in [2.05, 4.69) is 17.1 Å². The van der Waals surface area contributed by atoms with Crippen LogP contribution in [-0.2, 0) is 4.79 Å². The highest BCUT2D eigenvalue weighted by molar-refractivity contribution is 5.76. The number of carbonyl (C=O) groups is 1. The number of hydrogen-bond acceptors (Lipinski definition) is 2. The zero-order chi connectivity index (χ0) is 11.4. The Morgan fingerprint density at radius 3 is 2.44 bits per heavy atom. The second kappa shape index (κ2) is 5.30. The predicted molar refractivity (Wildman–Crippen MR) is 63.3 cm³/mol. The number of nitrogens with zero attached hydrogens (tertiary/aromatic N) is 1. The smallest absolute Gasteiger partial charge is 0.324 e. The Morgan fingerprint density at radius 2 is 1.81 bits per heavy atom. The van der Waals surface area contributed by atoms with Crippen molar-refractivity contribution in [2.45, 2.75) is 44.2 Å². The normalized spacial score (nSPS) is 27.9. The number of carboxylic acids is 1. The van der Waals surface area contributed by atoms with E-state index in [0.717, 1.165) is 38.6 Å². The minimum atomic E-state index is -0.715. The fourth-order valence-corrected chi connectivity index (χ4v) is 2.62. The van der Waals surface area contributed by atoms with Crippen molar-refractivity contribution in [3.05, 3.63) is 24.3 Å². The summed E-state index contributed by atoms with van der Waals surface area (Å²) < 4.78 is 0. The van der Waals surface area contributed by atoms with Gasteiger partial charge in [-0.3, -0.25) is 9.69 Å². The molecule has 16 heavy (non-hydrogen) atoms. The minimum Gasteiger partial charge on any atom is -0.480 e. The van der Waals surface area contributed by atoms with Crippen molar-refractivity contribution in [3.8, 4) is 0 Å². The number of rotatable bonds is 2. The molecule has 2 rings (SSSR count). The zero-order valence-corrected chi connectivity index (χ0v) is 9.51. The standard InChI is InChI=1S/C13H19NO2/c15-13(16)12-9-5-6-10-14(12)11-7-3-1-2-4-8-11/h1-2,5,9,11-12H,3-4,6-8,10H2,(H,15,16). The molecule has 1 aliphatic carbocycles. The topological polar surface area (TPSA) is 40.5 Å².